The molecule has 0 aromatic rings. The number of nitrogens with one attached hydrogen (secondary N) is 1. The summed E-state index contributed by atoms with van der Waals surface area (Å²) in [6.45, 7) is 1.89. The van der Waals surface area contributed by atoms with Crippen molar-refractivity contribution < 1.29 is 4.74 Å². The van der Waals surface area contributed by atoms with Crippen LogP contribution in [0.25, 0.3) is 0 Å². The lowest BCUT2D eigenvalue weighted by molar-refractivity contribution is 0.117. The van der Waals surface area contributed by atoms with E-state index in [4.69, 9.17) is 10.00 Å². The number of methoxy groups -OCH3 is 1. The molecule has 1 aliphatic heterocycles. The van der Waals surface area contributed by atoms with E-state index in [0.717, 1.165) is 5.57 Å². The van der Waals surface area contributed by atoms with Gasteiger partial charge in [-0.15, -0.1) is 0 Å². The molecule has 0 fully saturated rings. The maximum absolute atomic E-state index is 8.70. The summed E-state index contributed by atoms with van der Waals surface area (Å²) >= 11 is 0. The molecule has 0 amide bonds. The molecule has 0 radical (unpaired) electrons. The van der Waals surface area contributed by atoms with Crippen molar-refractivity contribution in [2.45, 2.75) is 13.2 Å². The second kappa shape index (κ2) is 3.22. The van der Waals surface area contributed by atoms with E-state index >= 15 is 0 Å². The molecule has 0 saturated heterocycles. The smallest absolute Gasteiger partial charge is 0.163 e. The molecule has 0 aromatic carbocycles. The van der Waals surface area contributed by atoms with Crippen LogP contribution >= 0.6 is 0 Å². The number of dihydropyridines is 1. The minimum atomic E-state index is -0.273. The van der Waals surface area contributed by atoms with Gasteiger partial charge in [0.15, 0.2) is 6.23 Å². The van der Waals surface area contributed by atoms with Crippen LogP contribution in [0.15, 0.2) is 23.4 Å². The molecule has 3 nitrogen and oxygen atoms in total. The zero-order chi connectivity index (χ0) is 8.27. The quantitative estimate of drug-likeness (QED) is 0.604. The van der Waals surface area contributed by atoms with Crippen LogP contribution in [0.2, 0.25) is 0 Å². The highest BCUT2D eigenvalue weighted by atomic mass is 16.5. The molecular formula is C8H10N2O. The van der Waals surface area contributed by atoms with Gasteiger partial charge in [0.1, 0.15) is 0 Å². The fourth-order valence-corrected chi connectivity index (χ4v) is 0.973. The van der Waals surface area contributed by atoms with Crippen molar-refractivity contribution in [2.24, 2.45) is 0 Å². The zero-order valence-electron chi connectivity index (χ0n) is 6.59. The van der Waals surface area contributed by atoms with Gasteiger partial charge in [0.25, 0.3) is 0 Å². The van der Waals surface area contributed by atoms with E-state index in [2.05, 4.69) is 11.4 Å². The van der Waals surface area contributed by atoms with E-state index in [0.29, 0.717) is 5.57 Å². The lowest BCUT2D eigenvalue weighted by atomic mass is 10.1. The van der Waals surface area contributed by atoms with Crippen LogP contribution < -0.4 is 5.32 Å². The van der Waals surface area contributed by atoms with Gasteiger partial charge in [-0.2, -0.15) is 5.26 Å². The first kappa shape index (κ1) is 7.83. The standard InChI is InChI=1S/C8H10N2O/c1-6-3-4-10-8(11-2)7(6)5-9/h3-4,8,10H,1-2H3. The molecule has 0 aliphatic carbocycles. The van der Waals surface area contributed by atoms with Crippen LogP contribution in [-0.4, -0.2) is 13.3 Å². The Hall–Kier alpha value is -1.27. The van der Waals surface area contributed by atoms with Crippen LogP contribution in [-0.2, 0) is 4.74 Å². The summed E-state index contributed by atoms with van der Waals surface area (Å²) in [6, 6.07) is 2.10. The number of nitriles is 1. The third kappa shape index (κ3) is 1.41. The highest BCUT2D eigenvalue weighted by Crippen LogP contribution is 2.13. The van der Waals surface area contributed by atoms with Gasteiger partial charge >= 0.3 is 0 Å². The predicted molar refractivity (Wildman–Crippen MR) is 41.4 cm³/mol. The number of ether oxygens (including phenoxy) is 1. The van der Waals surface area contributed by atoms with Crippen molar-refractivity contribution in [3.63, 3.8) is 0 Å². The summed E-state index contributed by atoms with van der Waals surface area (Å²) in [4.78, 5) is 0. The molecule has 1 aliphatic rings. The number of hydrogen-bond donors (Lipinski definition) is 1. The molecular weight excluding hydrogens is 140 g/mol. The molecule has 1 N–H and O–H groups in total. The third-order valence-corrected chi connectivity index (χ3v) is 1.62. The van der Waals surface area contributed by atoms with Gasteiger partial charge in [-0.3, -0.25) is 0 Å². The topological polar surface area (TPSA) is 45.0 Å². The Labute approximate surface area is 66.0 Å². The average molecular weight is 150 g/mol. The first-order valence-electron chi connectivity index (χ1n) is 3.36. The fraction of sp³-hybridized carbons (Fsp3) is 0.375. The number of nitrogens with zero attached hydrogens (tertiary/aromatic N) is 1. The molecule has 1 atom stereocenters. The van der Waals surface area contributed by atoms with Crippen LogP contribution in [0.1, 0.15) is 6.92 Å². The highest BCUT2D eigenvalue weighted by molar-refractivity contribution is 5.38. The fourth-order valence-electron chi connectivity index (χ4n) is 0.973. The minimum Gasteiger partial charge on any atom is -0.362 e. The van der Waals surface area contributed by atoms with Gasteiger partial charge in [0.2, 0.25) is 0 Å². The Morgan fingerprint density at radius 2 is 2.45 bits per heavy atom. The third-order valence-electron chi connectivity index (χ3n) is 1.62. The summed E-state index contributed by atoms with van der Waals surface area (Å²) in [6.07, 6.45) is 3.36. The molecule has 1 rings (SSSR count). The Morgan fingerprint density at radius 3 is 2.91 bits per heavy atom. The molecule has 0 aromatic heterocycles. The molecule has 0 saturated carbocycles. The Bertz CT molecular complexity index is 247. The van der Waals surface area contributed by atoms with E-state index in [1.165, 1.54) is 0 Å². The van der Waals surface area contributed by atoms with Gasteiger partial charge in [-0.25, -0.2) is 0 Å². The minimum absolute atomic E-state index is 0.273. The molecule has 3 heteroatoms. The Morgan fingerprint density at radius 1 is 1.73 bits per heavy atom. The molecule has 1 heterocycles. The van der Waals surface area contributed by atoms with Crippen molar-refractivity contribution in [3.05, 3.63) is 23.4 Å². The first-order valence-corrected chi connectivity index (χ1v) is 3.36. The molecule has 11 heavy (non-hydrogen) atoms. The second-order valence-electron chi connectivity index (χ2n) is 2.32. The van der Waals surface area contributed by atoms with Crippen LogP contribution in [0.3, 0.4) is 0 Å². The van der Waals surface area contributed by atoms with Crippen molar-refractivity contribution >= 4 is 0 Å². The molecule has 0 bridgehead atoms. The summed E-state index contributed by atoms with van der Waals surface area (Å²) in [5.41, 5.74) is 1.60. The van der Waals surface area contributed by atoms with Gasteiger partial charge in [0, 0.05) is 7.11 Å². The monoisotopic (exact) mass is 150 g/mol. The Kier molecular flexibility index (Phi) is 2.29. The van der Waals surface area contributed by atoms with Crippen LogP contribution in [0, 0.1) is 11.3 Å². The van der Waals surface area contributed by atoms with E-state index in [1.54, 1.807) is 13.3 Å². The van der Waals surface area contributed by atoms with E-state index in [9.17, 15) is 0 Å². The summed E-state index contributed by atoms with van der Waals surface area (Å²) in [5, 5.41) is 11.6. The van der Waals surface area contributed by atoms with Gasteiger partial charge in [-0.1, -0.05) is 0 Å². The number of rotatable bonds is 1. The Balaban J connectivity index is 2.92. The largest absolute Gasteiger partial charge is 0.362 e. The van der Waals surface area contributed by atoms with E-state index in [-0.39, 0.29) is 6.23 Å². The molecule has 1 unspecified atom stereocenters. The van der Waals surface area contributed by atoms with Gasteiger partial charge in [0.05, 0.1) is 11.6 Å². The molecule has 0 spiro atoms. The van der Waals surface area contributed by atoms with Crippen molar-refractivity contribution in [3.8, 4) is 6.07 Å². The van der Waals surface area contributed by atoms with E-state index in [1.807, 2.05) is 13.0 Å². The first-order chi connectivity index (χ1) is 5.29. The summed E-state index contributed by atoms with van der Waals surface area (Å²) < 4.78 is 5.02. The maximum atomic E-state index is 8.70. The van der Waals surface area contributed by atoms with Crippen molar-refractivity contribution in [1.82, 2.24) is 5.32 Å². The van der Waals surface area contributed by atoms with E-state index < -0.39 is 0 Å². The van der Waals surface area contributed by atoms with Gasteiger partial charge in [-0.05, 0) is 24.8 Å². The number of allylic oxidation sites excluding steroid dienone is 2. The lowest BCUT2D eigenvalue weighted by Crippen LogP contribution is -2.30. The highest BCUT2D eigenvalue weighted by Gasteiger charge is 2.15. The molecule has 58 valence electrons. The summed E-state index contributed by atoms with van der Waals surface area (Å²) in [5.74, 6) is 0. The average Bonchev–Trinajstić information content (AvgIpc) is 2.04. The normalized spacial score (nSPS) is 22.8. The maximum Gasteiger partial charge on any atom is 0.163 e. The lowest BCUT2D eigenvalue weighted by Gasteiger charge is -2.19. The predicted octanol–water partition coefficient (Wildman–Crippen LogP) is 0.916. The second-order valence-corrected chi connectivity index (χ2v) is 2.32. The van der Waals surface area contributed by atoms with Crippen molar-refractivity contribution in [2.75, 3.05) is 7.11 Å². The SMILES string of the molecule is COC1NC=CC(C)=C1C#N. The van der Waals surface area contributed by atoms with Gasteiger partial charge < -0.3 is 10.1 Å². The van der Waals surface area contributed by atoms with Crippen LogP contribution in [0.5, 0.6) is 0 Å². The van der Waals surface area contributed by atoms with Crippen molar-refractivity contribution in [1.29, 1.82) is 5.26 Å². The van der Waals surface area contributed by atoms with Crippen LogP contribution in [0.4, 0.5) is 0 Å². The number of hydrogen-bond acceptors (Lipinski definition) is 3. The summed E-state index contributed by atoms with van der Waals surface area (Å²) in [7, 11) is 1.57. The zero-order valence-corrected chi connectivity index (χ0v) is 6.59.